The molecule has 1 N–H and O–H groups in total. The topological polar surface area (TPSA) is 66.8 Å². The lowest BCUT2D eigenvalue weighted by molar-refractivity contribution is -0.141. The molecule has 1 amide bonds. The Labute approximate surface area is 111 Å². The zero-order valence-electron chi connectivity index (χ0n) is 10.8. The normalized spacial score (nSPS) is 22.5. The van der Waals surface area contributed by atoms with E-state index in [0.29, 0.717) is 25.1 Å². The fourth-order valence-corrected chi connectivity index (χ4v) is 2.48. The summed E-state index contributed by atoms with van der Waals surface area (Å²) in [4.78, 5) is 25.0. The standard InChI is InChI=1S/C14H17NO4/c1-19-9-10-7-12(14(17)18)15(8-10)13(16)11-5-3-2-4-6-11/h2-6,10,12H,7-9H2,1H3,(H,17,18). The van der Waals surface area contributed by atoms with Crippen LogP contribution in [0.5, 0.6) is 0 Å². The molecule has 0 spiro atoms. The summed E-state index contributed by atoms with van der Waals surface area (Å²) in [5.41, 5.74) is 0.520. The van der Waals surface area contributed by atoms with E-state index >= 15 is 0 Å². The Bertz CT molecular complexity index is 460. The van der Waals surface area contributed by atoms with Gasteiger partial charge in [0, 0.05) is 25.1 Å². The third kappa shape index (κ3) is 2.93. The van der Waals surface area contributed by atoms with Crippen LogP contribution in [0.1, 0.15) is 16.8 Å². The van der Waals surface area contributed by atoms with E-state index in [1.165, 1.54) is 4.90 Å². The molecule has 1 aromatic rings. The van der Waals surface area contributed by atoms with Crippen molar-refractivity contribution in [3.05, 3.63) is 35.9 Å². The number of benzene rings is 1. The van der Waals surface area contributed by atoms with Gasteiger partial charge in [-0.1, -0.05) is 18.2 Å². The third-order valence-corrected chi connectivity index (χ3v) is 3.36. The highest BCUT2D eigenvalue weighted by atomic mass is 16.5. The maximum absolute atomic E-state index is 12.3. The van der Waals surface area contributed by atoms with E-state index in [1.807, 2.05) is 6.07 Å². The number of nitrogens with zero attached hydrogens (tertiary/aromatic N) is 1. The lowest BCUT2D eigenvalue weighted by Gasteiger charge is -2.21. The molecule has 0 aliphatic carbocycles. The molecular formula is C14H17NO4. The molecule has 1 saturated heterocycles. The largest absolute Gasteiger partial charge is 0.480 e. The minimum Gasteiger partial charge on any atom is -0.480 e. The first kappa shape index (κ1) is 13.5. The number of carboxylic acids is 1. The van der Waals surface area contributed by atoms with Crippen LogP contribution in [0.15, 0.2) is 30.3 Å². The Morgan fingerprint density at radius 3 is 2.63 bits per heavy atom. The summed E-state index contributed by atoms with van der Waals surface area (Å²) in [5, 5.41) is 9.23. The Morgan fingerprint density at radius 2 is 2.05 bits per heavy atom. The summed E-state index contributed by atoms with van der Waals surface area (Å²) < 4.78 is 5.06. The van der Waals surface area contributed by atoms with Crippen LogP contribution in [-0.2, 0) is 9.53 Å². The van der Waals surface area contributed by atoms with Crippen LogP contribution >= 0.6 is 0 Å². The molecule has 1 aliphatic rings. The van der Waals surface area contributed by atoms with Crippen LogP contribution in [0.25, 0.3) is 0 Å². The van der Waals surface area contributed by atoms with Gasteiger partial charge < -0.3 is 14.7 Å². The van der Waals surface area contributed by atoms with Crippen molar-refractivity contribution in [2.75, 3.05) is 20.3 Å². The average Bonchev–Trinajstić information content (AvgIpc) is 2.83. The quantitative estimate of drug-likeness (QED) is 0.887. The van der Waals surface area contributed by atoms with Gasteiger partial charge in [-0.3, -0.25) is 4.79 Å². The molecular weight excluding hydrogens is 246 g/mol. The van der Waals surface area contributed by atoms with E-state index in [4.69, 9.17) is 4.74 Å². The summed E-state index contributed by atoms with van der Waals surface area (Å²) in [7, 11) is 1.58. The number of carbonyl (C=O) groups is 2. The Morgan fingerprint density at radius 1 is 1.37 bits per heavy atom. The van der Waals surface area contributed by atoms with E-state index in [1.54, 1.807) is 31.4 Å². The molecule has 1 aliphatic heterocycles. The summed E-state index contributed by atoms with van der Waals surface area (Å²) in [5.74, 6) is -1.10. The molecule has 1 fully saturated rings. The summed E-state index contributed by atoms with van der Waals surface area (Å²) in [6.45, 7) is 0.904. The predicted octanol–water partition coefficient (Wildman–Crippen LogP) is 1.25. The van der Waals surface area contributed by atoms with E-state index in [2.05, 4.69) is 0 Å². The van der Waals surface area contributed by atoms with Crippen molar-refractivity contribution in [3.8, 4) is 0 Å². The summed E-state index contributed by atoms with van der Waals surface area (Å²) >= 11 is 0. The van der Waals surface area contributed by atoms with Crippen molar-refractivity contribution in [2.24, 2.45) is 5.92 Å². The van der Waals surface area contributed by atoms with Gasteiger partial charge in [0.25, 0.3) is 5.91 Å². The fourth-order valence-electron chi connectivity index (χ4n) is 2.48. The Hall–Kier alpha value is -1.88. The lowest BCUT2D eigenvalue weighted by Crippen LogP contribution is -2.40. The van der Waals surface area contributed by atoms with Gasteiger partial charge in [0.1, 0.15) is 6.04 Å². The molecule has 1 aromatic carbocycles. The van der Waals surface area contributed by atoms with Crippen LogP contribution in [0.2, 0.25) is 0 Å². The molecule has 102 valence electrons. The highest BCUT2D eigenvalue weighted by Crippen LogP contribution is 2.25. The van der Waals surface area contributed by atoms with Crippen molar-refractivity contribution in [1.29, 1.82) is 0 Å². The van der Waals surface area contributed by atoms with Gasteiger partial charge in [0.15, 0.2) is 0 Å². The van der Waals surface area contributed by atoms with Crippen molar-refractivity contribution >= 4 is 11.9 Å². The maximum Gasteiger partial charge on any atom is 0.326 e. The van der Waals surface area contributed by atoms with E-state index in [9.17, 15) is 14.7 Å². The molecule has 2 rings (SSSR count). The average molecular weight is 263 g/mol. The molecule has 2 atom stereocenters. The number of likely N-dealkylation sites (tertiary alicyclic amines) is 1. The molecule has 5 heteroatoms. The van der Waals surface area contributed by atoms with Crippen molar-refractivity contribution in [1.82, 2.24) is 4.90 Å². The smallest absolute Gasteiger partial charge is 0.326 e. The van der Waals surface area contributed by atoms with Crippen LogP contribution in [-0.4, -0.2) is 48.2 Å². The zero-order chi connectivity index (χ0) is 13.8. The Kier molecular flexibility index (Phi) is 4.16. The van der Waals surface area contributed by atoms with E-state index < -0.39 is 12.0 Å². The third-order valence-electron chi connectivity index (χ3n) is 3.36. The number of aliphatic carboxylic acids is 1. The number of carboxylic acid groups (broad SMARTS) is 1. The van der Waals surface area contributed by atoms with Crippen LogP contribution in [0.3, 0.4) is 0 Å². The molecule has 1 heterocycles. The molecule has 2 unspecified atom stereocenters. The van der Waals surface area contributed by atoms with E-state index in [0.717, 1.165) is 0 Å². The van der Waals surface area contributed by atoms with Gasteiger partial charge >= 0.3 is 5.97 Å². The minimum absolute atomic E-state index is 0.0822. The number of hydrogen-bond donors (Lipinski definition) is 1. The number of amides is 1. The first-order valence-electron chi connectivity index (χ1n) is 6.21. The molecule has 0 bridgehead atoms. The molecule has 5 nitrogen and oxygen atoms in total. The van der Waals surface area contributed by atoms with E-state index in [-0.39, 0.29) is 11.8 Å². The summed E-state index contributed by atoms with van der Waals surface area (Å²) in [6, 6.07) is 8.00. The van der Waals surface area contributed by atoms with Gasteiger partial charge in [-0.2, -0.15) is 0 Å². The highest BCUT2D eigenvalue weighted by Gasteiger charge is 2.39. The molecule has 0 aromatic heterocycles. The van der Waals surface area contributed by atoms with Gasteiger partial charge in [-0.05, 0) is 18.6 Å². The van der Waals surface area contributed by atoms with Crippen LogP contribution in [0, 0.1) is 5.92 Å². The van der Waals surface area contributed by atoms with Gasteiger partial charge in [0.2, 0.25) is 0 Å². The second kappa shape index (κ2) is 5.84. The number of hydrogen-bond acceptors (Lipinski definition) is 3. The molecule has 0 radical (unpaired) electrons. The lowest BCUT2D eigenvalue weighted by atomic mass is 10.1. The molecule has 0 saturated carbocycles. The second-order valence-electron chi connectivity index (χ2n) is 4.73. The van der Waals surface area contributed by atoms with Gasteiger partial charge in [0.05, 0.1) is 6.61 Å². The number of ether oxygens (including phenoxy) is 1. The van der Waals surface area contributed by atoms with Crippen molar-refractivity contribution in [2.45, 2.75) is 12.5 Å². The van der Waals surface area contributed by atoms with Crippen LogP contribution in [0.4, 0.5) is 0 Å². The SMILES string of the molecule is COCC1CC(C(=O)O)N(C(=O)c2ccccc2)C1. The maximum atomic E-state index is 12.3. The summed E-state index contributed by atoms with van der Waals surface area (Å²) in [6.07, 6.45) is 0.446. The fraction of sp³-hybridized carbons (Fsp3) is 0.429. The van der Waals surface area contributed by atoms with Crippen molar-refractivity contribution in [3.63, 3.8) is 0 Å². The first-order valence-corrected chi connectivity index (χ1v) is 6.21. The first-order chi connectivity index (χ1) is 9.13. The Balaban J connectivity index is 2.17. The minimum atomic E-state index is -0.956. The zero-order valence-corrected chi connectivity index (χ0v) is 10.8. The number of rotatable bonds is 4. The van der Waals surface area contributed by atoms with Gasteiger partial charge in [-0.15, -0.1) is 0 Å². The van der Waals surface area contributed by atoms with Crippen LogP contribution < -0.4 is 0 Å². The highest BCUT2D eigenvalue weighted by molar-refractivity contribution is 5.96. The number of methoxy groups -OCH3 is 1. The predicted molar refractivity (Wildman–Crippen MR) is 68.9 cm³/mol. The second-order valence-corrected chi connectivity index (χ2v) is 4.73. The molecule has 19 heavy (non-hydrogen) atoms. The number of carbonyl (C=O) groups excluding carboxylic acids is 1. The monoisotopic (exact) mass is 263 g/mol. The van der Waals surface area contributed by atoms with Gasteiger partial charge in [-0.25, -0.2) is 4.79 Å². The van der Waals surface area contributed by atoms with Crippen molar-refractivity contribution < 1.29 is 19.4 Å².